The van der Waals surface area contributed by atoms with Crippen molar-refractivity contribution in [2.24, 2.45) is 10.4 Å². The zero-order chi connectivity index (χ0) is 18.9. The second-order valence-electron chi connectivity index (χ2n) is 7.69. The zero-order valence-electron chi connectivity index (χ0n) is 16.9. The van der Waals surface area contributed by atoms with Crippen LogP contribution < -0.4 is 0 Å². The Morgan fingerprint density at radius 2 is 1.50 bits per heavy atom. The van der Waals surface area contributed by atoms with Crippen molar-refractivity contribution in [1.82, 2.24) is 0 Å². The summed E-state index contributed by atoms with van der Waals surface area (Å²) in [6, 6.07) is 0. The van der Waals surface area contributed by atoms with Gasteiger partial charge in [-0.05, 0) is 6.42 Å². The second-order valence-corrected chi connectivity index (χ2v) is 7.69. The second kappa shape index (κ2) is 15.2. The van der Waals surface area contributed by atoms with Gasteiger partial charge in [-0.1, -0.05) is 89.7 Å². The fourth-order valence-corrected chi connectivity index (χ4v) is 3.45. The summed E-state index contributed by atoms with van der Waals surface area (Å²) in [5, 5.41) is 19.5. The summed E-state index contributed by atoms with van der Waals surface area (Å²) in [7, 11) is 0. The van der Waals surface area contributed by atoms with Crippen LogP contribution in [0.3, 0.4) is 0 Å². The summed E-state index contributed by atoms with van der Waals surface area (Å²) in [6.45, 7) is 3.66. The van der Waals surface area contributed by atoms with E-state index in [0.29, 0.717) is 13.0 Å². The van der Waals surface area contributed by atoms with E-state index in [9.17, 15) is 10.2 Å². The van der Waals surface area contributed by atoms with Crippen LogP contribution in [-0.4, -0.2) is 42.5 Å². The number of aliphatic hydroxyl groups excluding tert-OH is 2. The molecule has 0 aromatic heterocycles. The number of hydrogen-bond acceptors (Lipinski definition) is 4. The van der Waals surface area contributed by atoms with Crippen molar-refractivity contribution >= 4 is 5.90 Å². The van der Waals surface area contributed by atoms with Gasteiger partial charge >= 0.3 is 0 Å². The van der Waals surface area contributed by atoms with Crippen LogP contribution in [0, 0.1) is 5.41 Å². The molecule has 0 saturated heterocycles. The highest BCUT2D eigenvalue weighted by atomic mass is 16.5. The van der Waals surface area contributed by atoms with E-state index in [-0.39, 0.29) is 13.2 Å². The molecule has 0 atom stereocenters. The quantitative estimate of drug-likeness (QED) is 0.280. The number of nitrogens with zero attached hydrogens (tertiary/aromatic N) is 1. The summed E-state index contributed by atoms with van der Waals surface area (Å²) < 4.78 is 5.38. The molecule has 0 bridgehead atoms. The van der Waals surface area contributed by atoms with E-state index >= 15 is 0 Å². The first-order valence-electron chi connectivity index (χ1n) is 10.8. The maximum atomic E-state index is 9.76. The van der Waals surface area contributed by atoms with E-state index < -0.39 is 5.41 Å². The fraction of sp³-hybridized carbons (Fsp3) is 0.864. The topological polar surface area (TPSA) is 62.0 Å². The lowest BCUT2D eigenvalue weighted by atomic mass is 9.83. The molecule has 4 heteroatoms. The Labute approximate surface area is 160 Å². The van der Waals surface area contributed by atoms with Crippen molar-refractivity contribution in [3.8, 4) is 0 Å². The molecule has 0 aromatic rings. The highest BCUT2D eigenvalue weighted by Crippen LogP contribution is 2.27. The minimum Gasteiger partial charge on any atom is -0.479 e. The molecular weight excluding hydrogens is 326 g/mol. The van der Waals surface area contributed by atoms with Gasteiger partial charge in [-0.25, -0.2) is 0 Å². The van der Waals surface area contributed by atoms with Crippen molar-refractivity contribution in [1.29, 1.82) is 0 Å². The zero-order valence-corrected chi connectivity index (χ0v) is 16.9. The minimum atomic E-state index is -0.502. The van der Waals surface area contributed by atoms with Gasteiger partial charge < -0.3 is 14.9 Å². The van der Waals surface area contributed by atoms with Crippen LogP contribution in [0.5, 0.6) is 0 Å². The van der Waals surface area contributed by atoms with E-state index in [1.54, 1.807) is 0 Å². The average Bonchev–Trinajstić information content (AvgIpc) is 3.18. The van der Waals surface area contributed by atoms with Crippen molar-refractivity contribution in [3.05, 3.63) is 12.2 Å². The van der Waals surface area contributed by atoms with Crippen LogP contribution in [0.15, 0.2) is 17.1 Å². The Morgan fingerprint density at radius 1 is 0.923 bits per heavy atom. The first-order chi connectivity index (χ1) is 12.8. The van der Waals surface area contributed by atoms with Gasteiger partial charge in [-0.3, -0.25) is 4.99 Å². The highest BCUT2D eigenvalue weighted by Gasteiger charge is 2.24. The summed E-state index contributed by atoms with van der Waals surface area (Å²) in [6.07, 6.45) is 19.8. The molecule has 4 nitrogen and oxygen atoms in total. The molecule has 0 aliphatic carbocycles. The van der Waals surface area contributed by atoms with Gasteiger partial charge in [0, 0.05) is 11.8 Å². The first-order valence-corrected chi connectivity index (χ1v) is 10.8. The number of hydrogen-bond donors (Lipinski definition) is 2. The number of unbranched alkanes of at least 4 members (excludes halogenated alkanes) is 10. The predicted octanol–water partition coefficient (Wildman–Crippen LogP) is 5.03. The summed E-state index contributed by atoms with van der Waals surface area (Å²) in [4.78, 5) is 4.26. The predicted molar refractivity (Wildman–Crippen MR) is 110 cm³/mol. The lowest BCUT2D eigenvalue weighted by molar-refractivity contribution is 0.0838. The van der Waals surface area contributed by atoms with Crippen molar-refractivity contribution in [3.63, 3.8) is 0 Å². The minimum absolute atomic E-state index is 0.00884. The van der Waals surface area contributed by atoms with Crippen LogP contribution in [0.1, 0.15) is 90.4 Å². The lowest BCUT2D eigenvalue weighted by Crippen LogP contribution is -2.27. The normalized spacial score (nSPS) is 14.8. The Hall–Kier alpha value is -0.870. The molecule has 0 aromatic carbocycles. The molecule has 1 aliphatic heterocycles. The maximum Gasteiger partial charge on any atom is 0.187 e. The van der Waals surface area contributed by atoms with E-state index in [4.69, 9.17) is 4.74 Å². The Bertz CT molecular complexity index is 389. The van der Waals surface area contributed by atoms with Gasteiger partial charge in [0.05, 0.1) is 19.8 Å². The largest absolute Gasteiger partial charge is 0.479 e. The van der Waals surface area contributed by atoms with Crippen LogP contribution >= 0.6 is 0 Å². The molecule has 152 valence electrons. The van der Waals surface area contributed by atoms with Crippen LogP contribution in [0.4, 0.5) is 0 Å². The van der Waals surface area contributed by atoms with E-state index in [2.05, 4.69) is 11.9 Å². The molecule has 0 unspecified atom stereocenters. The molecule has 0 saturated carbocycles. The molecule has 0 radical (unpaired) electrons. The molecule has 26 heavy (non-hydrogen) atoms. The summed E-state index contributed by atoms with van der Waals surface area (Å²) in [5.41, 5.74) is -0.502. The molecule has 2 N–H and O–H groups in total. The molecule has 1 aliphatic rings. The van der Waals surface area contributed by atoms with Crippen LogP contribution in [0.25, 0.3) is 0 Å². The van der Waals surface area contributed by atoms with Gasteiger partial charge in [0.25, 0.3) is 0 Å². The summed E-state index contributed by atoms with van der Waals surface area (Å²) >= 11 is 0. The molecule has 0 amide bonds. The molecule has 1 rings (SSSR count). The number of ether oxygens (including phenoxy) is 1. The maximum absolute atomic E-state index is 9.76. The Balaban J connectivity index is 2.09. The van der Waals surface area contributed by atoms with Gasteiger partial charge in [0.1, 0.15) is 6.61 Å². The number of aliphatic hydroxyl groups is 2. The fourth-order valence-electron chi connectivity index (χ4n) is 3.45. The molecular formula is C22H41NO3. The van der Waals surface area contributed by atoms with Gasteiger partial charge in [-0.15, -0.1) is 0 Å². The third-order valence-electron chi connectivity index (χ3n) is 5.32. The summed E-state index contributed by atoms with van der Waals surface area (Å²) in [5.74, 6) is 0.765. The standard InChI is InChI=1S/C22H41NO3/c1-2-3-4-5-6-7-8-9-10-11-12-15-22(19-24,20-25)16-13-14-21-23-17-18-26-21/h13,16,24-25H,2-12,14-15,17-20H2,1H3. The monoisotopic (exact) mass is 367 g/mol. The Morgan fingerprint density at radius 3 is 2.00 bits per heavy atom. The average molecular weight is 368 g/mol. The van der Waals surface area contributed by atoms with Gasteiger partial charge in [-0.2, -0.15) is 0 Å². The van der Waals surface area contributed by atoms with E-state index in [0.717, 1.165) is 25.3 Å². The third kappa shape index (κ3) is 10.3. The smallest absolute Gasteiger partial charge is 0.187 e. The first kappa shape index (κ1) is 23.2. The number of aliphatic imine (C=N–C) groups is 1. The third-order valence-corrected chi connectivity index (χ3v) is 5.32. The van der Waals surface area contributed by atoms with Gasteiger partial charge in [0.2, 0.25) is 0 Å². The van der Waals surface area contributed by atoms with Crippen molar-refractivity contribution < 1.29 is 14.9 Å². The molecule has 0 fully saturated rings. The van der Waals surface area contributed by atoms with Crippen molar-refractivity contribution in [2.75, 3.05) is 26.4 Å². The Kier molecular flexibility index (Phi) is 13.6. The van der Waals surface area contributed by atoms with E-state index in [1.807, 2.05) is 12.2 Å². The van der Waals surface area contributed by atoms with Gasteiger partial charge in [0.15, 0.2) is 5.90 Å². The number of rotatable bonds is 17. The lowest BCUT2D eigenvalue weighted by Gasteiger charge is -2.26. The molecule has 0 spiro atoms. The SMILES string of the molecule is CCCCCCCCCCCCCC(C=CCC1=NCCO1)(CO)CO. The highest BCUT2D eigenvalue weighted by molar-refractivity contribution is 5.78. The van der Waals surface area contributed by atoms with Crippen molar-refractivity contribution in [2.45, 2.75) is 90.4 Å². The molecule has 1 heterocycles. The van der Waals surface area contributed by atoms with Crippen LogP contribution in [-0.2, 0) is 4.74 Å². The van der Waals surface area contributed by atoms with Crippen LogP contribution in [0.2, 0.25) is 0 Å². The van der Waals surface area contributed by atoms with E-state index in [1.165, 1.54) is 64.2 Å².